The molecule has 3 aliphatic rings. The van der Waals surface area contributed by atoms with Crippen molar-refractivity contribution in [2.75, 3.05) is 23.6 Å². The van der Waals surface area contributed by atoms with Crippen LogP contribution in [0.3, 0.4) is 0 Å². The molecule has 0 aliphatic carbocycles. The predicted molar refractivity (Wildman–Crippen MR) is 224 cm³/mol. The molecule has 1 saturated heterocycles. The second kappa shape index (κ2) is 15.7. The Labute approximate surface area is 338 Å². The summed E-state index contributed by atoms with van der Waals surface area (Å²) in [6, 6.07) is 31.6. The molecule has 1 N–H and O–H groups in total. The molecule has 0 unspecified atom stereocenters. The molecule has 0 radical (unpaired) electrons. The standard InChI is InChI=1S/C44H47ClN6O5Si/c1-29-42(57(3,4)36-16-14-35(55-2)15-17-36)40(21-23-49-28-33(22-24-52)46-48-49)56-44(29)37-26-32(45)13-19-39(37)50(43(44)54)27-30-9-8-12-34(25-30)51-41(53)20-18-38(47-51)31-10-6-5-7-11-31/h5-17,19,25-26,28-29,40,42,52H,18,20-24,27H2,1-4H3/t29-,40+,42-,44+/m1/s1. The number of aromatic nitrogens is 3. The van der Waals surface area contributed by atoms with Crippen LogP contribution in [0.1, 0.15) is 48.6 Å². The van der Waals surface area contributed by atoms with Crippen LogP contribution >= 0.6 is 11.6 Å². The summed E-state index contributed by atoms with van der Waals surface area (Å²) < 4.78 is 14.6. The number of carbonyl (C=O) groups excluding carboxylic acids is 2. The van der Waals surface area contributed by atoms with Gasteiger partial charge >= 0.3 is 0 Å². The summed E-state index contributed by atoms with van der Waals surface area (Å²) in [5, 5.41) is 26.1. The normalized spacial score (nSPS) is 22.0. The van der Waals surface area contributed by atoms with E-state index in [2.05, 4.69) is 42.5 Å². The van der Waals surface area contributed by atoms with E-state index >= 15 is 4.79 Å². The van der Waals surface area contributed by atoms with E-state index in [1.807, 2.05) is 96.0 Å². The van der Waals surface area contributed by atoms with E-state index in [0.29, 0.717) is 42.9 Å². The number of aliphatic hydroxyl groups is 1. The Hall–Kier alpha value is -5.14. The number of hydrogen-bond donors (Lipinski definition) is 1. The molecule has 1 aromatic heterocycles. The number of fused-ring (bicyclic) bond motifs is 2. The molecule has 2 amide bonds. The summed E-state index contributed by atoms with van der Waals surface area (Å²) >= 11 is 6.75. The molecule has 4 aromatic carbocycles. The number of rotatable bonds is 12. The monoisotopic (exact) mass is 802 g/mol. The van der Waals surface area contributed by atoms with Gasteiger partial charge in [-0.2, -0.15) is 5.10 Å². The number of methoxy groups -OCH3 is 1. The molecule has 4 atom stereocenters. The molecule has 0 saturated carbocycles. The van der Waals surface area contributed by atoms with Crippen molar-refractivity contribution >= 4 is 53.8 Å². The molecule has 294 valence electrons. The second-order valence-electron chi connectivity index (χ2n) is 15.7. The number of nitrogens with zero attached hydrogens (tertiary/aromatic N) is 6. The van der Waals surface area contributed by atoms with Gasteiger partial charge in [0.2, 0.25) is 5.91 Å². The average Bonchev–Trinajstić information content (AvgIpc) is 3.87. The van der Waals surface area contributed by atoms with E-state index in [0.717, 1.165) is 39.5 Å². The predicted octanol–water partition coefficient (Wildman–Crippen LogP) is 6.86. The summed E-state index contributed by atoms with van der Waals surface area (Å²) in [6.45, 7) is 7.67. The van der Waals surface area contributed by atoms with E-state index in [1.165, 1.54) is 10.2 Å². The van der Waals surface area contributed by atoms with Crippen LogP contribution in [0.5, 0.6) is 5.75 Å². The number of amides is 2. The highest BCUT2D eigenvalue weighted by Gasteiger charge is 2.66. The van der Waals surface area contributed by atoms with Crippen molar-refractivity contribution < 1.29 is 24.2 Å². The number of carbonyl (C=O) groups is 2. The maximum atomic E-state index is 15.4. The van der Waals surface area contributed by atoms with Crippen LogP contribution < -0.4 is 19.8 Å². The average molecular weight is 803 g/mol. The van der Waals surface area contributed by atoms with E-state index in [1.54, 1.807) is 11.8 Å². The van der Waals surface area contributed by atoms with Crippen molar-refractivity contribution in [2.24, 2.45) is 11.0 Å². The maximum Gasteiger partial charge on any atom is 0.264 e. The number of benzene rings is 4. The summed E-state index contributed by atoms with van der Waals surface area (Å²) in [4.78, 5) is 30.4. The van der Waals surface area contributed by atoms with Gasteiger partial charge in [0.05, 0.1) is 50.6 Å². The minimum absolute atomic E-state index is 0.00142. The van der Waals surface area contributed by atoms with Crippen molar-refractivity contribution in [2.45, 2.75) is 76.0 Å². The number of hydrazone groups is 1. The Balaban J connectivity index is 1.14. The molecular weight excluding hydrogens is 756 g/mol. The zero-order chi connectivity index (χ0) is 39.9. The lowest BCUT2D eigenvalue weighted by molar-refractivity contribution is -0.146. The second-order valence-corrected chi connectivity index (χ2v) is 20.9. The lowest BCUT2D eigenvalue weighted by atomic mass is 9.82. The van der Waals surface area contributed by atoms with Crippen molar-refractivity contribution in [3.63, 3.8) is 0 Å². The zero-order valence-corrected chi connectivity index (χ0v) is 34.4. The largest absolute Gasteiger partial charge is 0.497 e. The van der Waals surface area contributed by atoms with Crippen molar-refractivity contribution in [3.8, 4) is 5.75 Å². The van der Waals surface area contributed by atoms with E-state index in [4.69, 9.17) is 26.2 Å². The Kier molecular flexibility index (Phi) is 10.6. The number of ether oxygens (including phenoxy) is 2. The summed E-state index contributed by atoms with van der Waals surface area (Å²) in [6.07, 6.45) is 3.53. The van der Waals surface area contributed by atoms with Gasteiger partial charge in [0.15, 0.2) is 5.60 Å². The van der Waals surface area contributed by atoms with Crippen LogP contribution in [0.2, 0.25) is 23.7 Å². The topological polar surface area (TPSA) is 122 Å². The number of anilines is 2. The first-order valence-corrected chi connectivity index (χ1v) is 23.0. The Morgan fingerprint density at radius 2 is 1.77 bits per heavy atom. The van der Waals surface area contributed by atoms with Gasteiger partial charge in [0.1, 0.15) is 5.75 Å². The number of hydrogen-bond acceptors (Lipinski definition) is 8. The fraction of sp³-hybridized carbons (Fsp3) is 0.341. The minimum Gasteiger partial charge on any atom is -0.497 e. The third-order valence-electron chi connectivity index (χ3n) is 12.0. The van der Waals surface area contributed by atoms with Crippen LogP contribution in [0.4, 0.5) is 11.4 Å². The van der Waals surface area contributed by atoms with Crippen LogP contribution in [0.15, 0.2) is 108 Å². The van der Waals surface area contributed by atoms with E-state index < -0.39 is 13.7 Å². The molecule has 57 heavy (non-hydrogen) atoms. The fourth-order valence-corrected chi connectivity index (χ4v) is 13.4. The molecule has 0 bridgehead atoms. The Morgan fingerprint density at radius 1 is 0.982 bits per heavy atom. The van der Waals surface area contributed by atoms with Gasteiger partial charge in [0.25, 0.3) is 5.91 Å². The van der Waals surface area contributed by atoms with Crippen LogP contribution in [0.25, 0.3) is 0 Å². The first kappa shape index (κ1) is 38.7. The van der Waals surface area contributed by atoms with Gasteiger partial charge in [-0.25, -0.2) is 5.01 Å². The fourth-order valence-electron chi connectivity index (χ4n) is 9.21. The quantitative estimate of drug-likeness (QED) is 0.137. The van der Waals surface area contributed by atoms with Crippen molar-refractivity contribution in [3.05, 3.63) is 131 Å². The summed E-state index contributed by atoms with van der Waals surface area (Å²) in [5.74, 6) is 0.366. The third kappa shape index (κ3) is 7.09. The summed E-state index contributed by atoms with van der Waals surface area (Å²) in [7, 11) is -0.718. The van der Waals surface area contributed by atoms with Crippen molar-refractivity contribution in [1.29, 1.82) is 0 Å². The van der Waals surface area contributed by atoms with Gasteiger partial charge in [-0.05, 0) is 65.6 Å². The highest BCUT2D eigenvalue weighted by atomic mass is 35.5. The van der Waals surface area contributed by atoms with Gasteiger partial charge in [-0.15, -0.1) is 5.10 Å². The van der Waals surface area contributed by atoms with Gasteiger partial charge in [0, 0.05) is 55.1 Å². The molecule has 1 fully saturated rings. The Bertz CT molecular complexity index is 2320. The van der Waals surface area contributed by atoms with Crippen LogP contribution in [0, 0.1) is 5.92 Å². The maximum absolute atomic E-state index is 15.4. The molecule has 13 heteroatoms. The molecular formula is C44H47ClN6O5Si. The lowest BCUT2D eigenvalue weighted by Crippen LogP contribution is -2.51. The molecule has 1 spiro atoms. The molecule has 4 heterocycles. The molecule has 11 nitrogen and oxygen atoms in total. The third-order valence-corrected chi connectivity index (χ3v) is 16.6. The zero-order valence-electron chi connectivity index (χ0n) is 32.6. The SMILES string of the molecule is COc1ccc([Si](C)(C)[C@H]2[C@H](CCn3cc(CCO)nn3)O[C@@]3(C(=O)N(Cc4cccc(N5N=C(c6ccccc6)CCC5=O)c4)c4ccc(Cl)cc43)[C@@H]2C)cc1. The highest BCUT2D eigenvalue weighted by Crippen LogP contribution is 2.60. The van der Waals surface area contributed by atoms with Gasteiger partial charge in [-0.1, -0.05) is 96.6 Å². The number of aliphatic hydroxyl groups excluding tert-OH is 1. The van der Waals surface area contributed by atoms with Gasteiger partial charge < -0.3 is 19.5 Å². The van der Waals surface area contributed by atoms with Gasteiger partial charge in [-0.3, -0.25) is 14.3 Å². The number of halogens is 1. The highest BCUT2D eigenvalue weighted by molar-refractivity contribution is 6.91. The number of aryl methyl sites for hydroxylation is 1. The molecule has 8 rings (SSSR count). The van der Waals surface area contributed by atoms with E-state index in [-0.39, 0.29) is 42.5 Å². The van der Waals surface area contributed by atoms with Crippen LogP contribution in [-0.2, 0) is 39.4 Å². The molecule has 3 aliphatic heterocycles. The smallest absolute Gasteiger partial charge is 0.264 e. The first-order valence-electron chi connectivity index (χ1n) is 19.5. The first-order chi connectivity index (χ1) is 27.5. The van der Waals surface area contributed by atoms with Crippen molar-refractivity contribution in [1.82, 2.24) is 15.0 Å². The van der Waals surface area contributed by atoms with Crippen LogP contribution in [-0.4, -0.2) is 65.5 Å². The van der Waals surface area contributed by atoms with E-state index in [9.17, 15) is 9.90 Å². The summed E-state index contributed by atoms with van der Waals surface area (Å²) in [5.41, 5.74) is 4.33. The Morgan fingerprint density at radius 3 is 2.53 bits per heavy atom. The molecule has 5 aromatic rings. The minimum atomic E-state index is -2.38. The lowest BCUT2D eigenvalue weighted by Gasteiger charge is -2.37.